The van der Waals surface area contributed by atoms with Gasteiger partial charge in [0.25, 0.3) is 0 Å². The van der Waals surface area contributed by atoms with Crippen LogP contribution in [0.3, 0.4) is 0 Å². The number of hydrogen-bond acceptors (Lipinski definition) is 4. The highest BCUT2D eigenvalue weighted by Crippen LogP contribution is 2.28. The summed E-state index contributed by atoms with van der Waals surface area (Å²) in [5.74, 6) is 0.0361. The van der Waals surface area contributed by atoms with Crippen LogP contribution in [0.15, 0.2) is 90.3 Å². The second-order valence-electron chi connectivity index (χ2n) is 7.52. The lowest BCUT2D eigenvalue weighted by molar-refractivity contribution is -0.121. The smallest absolute Gasteiger partial charge is 0.220 e. The van der Waals surface area contributed by atoms with Gasteiger partial charge in [-0.15, -0.1) is 11.3 Å². The molecule has 0 spiro atoms. The standard InChI is InChI=1S/C27H24N2O2S/c30-25(22-10-5-2-6-11-22)12-7-13-26(31)28-18-20-14-16-23(17-15-20)27-29-24(19-32-27)21-8-3-1-4-9-21/h1-6,8-11,14-17,19H,7,12-13,18H2,(H,28,31). The number of hydrogen-bond donors (Lipinski definition) is 1. The van der Waals surface area contributed by atoms with Crippen LogP contribution >= 0.6 is 11.3 Å². The summed E-state index contributed by atoms with van der Waals surface area (Å²) in [4.78, 5) is 29.0. The summed E-state index contributed by atoms with van der Waals surface area (Å²) in [6.45, 7) is 0.471. The van der Waals surface area contributed by atoms with Crippen molar-refractivity contribution in [2.45, 2.75) is 25.8 Å². The van der Waals surface area contributed by atoms with E-state index in [1.807, 2.05) is 60.7 Å². The summed E-state index contributed by atoms with van der Waals surface area (Å²) in [6, 6.07) is 27.4. The fraction of sp³-hybridized carbons (Fsp3) is 0.148. The van der Waals surface area contributed by atoms with Crippen LogP contribution in [0.4, 0.5) is 0 Å². The first kappa shape index (κ1) is 21.7. The quantitative estimate of drug-likeness (QED) is 0.318. The van der Waals surface area contributed by atoms with E-state index in [2.05, 4.69) is 22.8 Å². The number of Topliss-reactive ketones (excluding diaryl/α,β-unsaturated/α-hetero) is 1. The number of carbonyl (C=O) groups is 2. The van der Waals surface area contributed by atoms with Crippen LogP contribution in [-0.4, -0.2) is 16.7 Å². The third-order valence-corrected chi connectivity index (χ3v) is 6.06. The first-order valence-corrected chi connectivity index (χ1v) is 11.5. The molecule has 0 bridgehead atoms. The second-order valence-corrected chi connectivity index (χ2v) is 8.38. The Bertz CT molecular complexity index is 1170. The van der Waals surface area contributed by atoms with Crippen molar-refractivity contribution < 1.29 is 9.59 Å². The zero-order valence-electron chi connectivity index (χ0n) is 17.7. The number of ketones is 1. The van der Waals surface area contributed by atoms with E-state index in [0.29, 0.717) is 31.4 Å². The molecule has 0 radical (unpaired) electrons. The molecule has 4 aromatic rings. The molecule has 0 atom stereocenters. The van der Waals surface area contributed by atoms with Gasteiger partial charge in [-0.3, -0.25) is 9.59 Å². The van der Waals surface area contributed by atoms with Crippen LogP contribution in [0.1, 0.15) is 35.2 Å². The lowest BCUT2D eigenvalue weighted by Crippen LogP contribution is -2.22. The van der Waals surface area contributed by atoms with Crippen LogP contribution in [0.5, 0.6) is 0 Å². The number of nitrogens with one attached hydrogen (secondary N) is 1. The predicted octanol–water partition coefficient (Wildman–Crippen LogP) is 6.15. The van der Waals surface area contributed by atoms with E-state index in [9.17, 15) is 9.59 Å². The first-order chi connectivity index (χ1) is 15.7. The molecule has 0 unspecified atom stereocenters. The molecule has 0 aliphatic heterocycles. The highest BCUT2D eigenvalue weighted by Gasteiger charge is 2.09. The van der Waals surface area contributed by atoms with E-state index >= 15 is 0 Å². The fourth-order valence-electron chi connectivity index (χ4n) is 3.38. The third kappa shape index (κ3) is 5.77. The molecule has 1 aromatic heterocycles. The third-order valence-electron chi connectivity index (χ3n) is 5.17. The van der Waals surface area contributed by atoms with Crippen molar-refractivity contribution >= 4 is 23.0 Å². The van der Waals surface area contributed by atoms with E-state index in [-0.39, 0.29) is 11.7 Å². The lowest BCUT2D eigenvalue weighted by Gasteiger charge is -2.06. The normalized spacial score (nSPS) is 10.6. The zero-order valence-corrected chi connectivity index (χ0v) is 18.5. The minimum Gasteiger partial charge on any atom is -0.352 e. The van der Waals surface area contributed by atoms with Gasteiger partial charge in [-0.25, -0.2) is 4.98 Å². The summed E-state index contributed by atoms with van der Waals surface area (Å²) in [5.41, 5.74) is 4.88. The molecule has 0 saturated heterocycles. The van der Waals surface area contributed by atoms with Crippen LogP contribution in [0.2, 0.25) is 0 Å². The molecular weight excluding hydrogens is 416 g/mol. The van der Waals surface area contributed by atoms with Gasteiger partial charge in [-0.05, 0) is 12.0 Å². The van der Waals surface area contributed by atoms with E-state index in [0.717, 1.165) is 27.4 Å². The van der Waals surface area contributed by atoms with Crippen molar-refractivity contribution in [2.75, 3.05) is 0 Å². The maximum Gasteiger partial charge on any atom is 0.220 e. The Morgan fingerprint density at radius 3 is 2.19 bits per heavy atom. The number of benzene rings is 3. The molecule has 0 aliphatic rings. The summed E-state index contributed by atoms with van der Waals surface area (Å²) in [6.07, 6.45) is 1.27. The van der Waals surface area contributed by atoms with Gasteiger partial charge in [0.1, 0.15) is 5.01 Å². The van der Waals surface area contributed by atoms with Crippen molar-refractivity contribution in [3.8, 4) is 21.8 Å². The lowest BCUT2D eigenvalue weighted by atomic mass is 10.1. The van der Waals surface area contributed by atoms with Crippen molar-refractivity contribution in [1.82, 2.24) is 10.3 Å². The molecule has 4 nitrogen and oxygen atoms in total. The Hall–Kier alpha value is -3.57. The van der Waals surface area contributed by atoms with Crippen LogP contribution in [0, 0.1) is 0 Å². The first-order valence-electron chi connectivity index (χ1n) is 10.6. The molecule has 3 aromatic carbocycles. The van der Waals surface area contributed by atoms with Crippen LogP contribution in [-0.2, 0) is 11.3 Å². The highest BCUT2D eigenvalue weighted by molar-refractivity contribution is 7.13. The Kier molecular flexibility index (Phi) is 7.20. The maximum atomic E-state index is 12.1. The topological polar surface area (TPSA) is 59.1 Å². The minimum absolute atomic E-state index is 0.0395. The molecule has 4 rings (SSSR count). The van der Waals surface area contributed by atoms with Gasteiger partial charge in [0.15, 0.2) is 5.78 Å². The molecule has 160 valence electrons. The molecule has 1 amide bonds. The highest BCUT2D eigenvalue weighted by atomic mass is 32.1. The molecule has 1 N–H and O–H groups in total. The van der Waals surface area contributed by atoms with E-state index < -0.39 is 0 Å². The number of rotatable bonds is 9. The van der Waals surface area contributed by atoms with Gasteiger partial charge in [-0.2, -0.15) is 0 Å². The van der Waals surface area contributed by atoms with Crippen molar-refractivity contribution in [1.29, 1.82) is 0 Å². The molecule has 0 aliphatic carbocycles. The Balaban J connectivity index is 1.24. The van der Waals surface area contributed by atoms with Crippen molar-refractivity contribution in [3.63, 3.8) is 0 Å². The number of aromatic nitrogens is 1. The minimum atomic E-state index is -0.0395. The van der Waals surface area contributed by atoms with Gasteiger partial charge in [-0.1, -0.05) is 84.9 Å². The fourth-order valence-corrected chi connectivity index (χ4v) is 4.22. The van der Waals surface area contributed by atoms with E-state index in [1.54, 1.807) is 23.5 Å². The Morgan fingerprint density at radius 1 is 0.781 bits per heavy atom. The van der Waals surface area contributed by atoms with Gasteiger partial charge in [0.05, 0.1) is 5.69 Å². The molecular formula is C27H24N2O2S. The molecule has 0 fully saturated rings. The molecule has 0 saturated carbocycles. The molecule has 1 heterocycles. The Morgan fingerprint density at radius 2 is 1.47 bits per heavy atom. The molecule has 32 heavy (non-hydrogen) atoms. The number of carbonyl (C=O) groups excluding carboxylic acids is 2. The summed E-state index contributed by atoms with van der Waals surface area (Å²) in [7, 11) is 0. The van der Waals surface area contributed by atoms with Crippen LogP contribution < -0.4 is 5.32 Å². The summed E-state index contributed by atoms with van der Waals surface area (Å²) in [5, 5.41) is 5.98. The van der Waals surface area contributed by atoms with Crippen molar-refractivity contribution in [3.05, 3.63) is 101 Å². The van der Waals surface area contributed by atoms with E-state index in [1.165, 1.54) is 0 Å². The van der Waals surface area contributed by atoms with Crippen molar-refractivity contribution in [2.24, 2.45) is 0 Å². The van der Waals surface area contributed by atoms with Gasteiger partial charge < -0.3 is 5.32 Å². The number of nitrogens with zero attached hydrogens (tertiary/aromatic N) is 1. The monoisotopic (exact) mass is 440 g/mol. The Labute approximate surface area is 192 Å². The number of amides is 1. The summed E-state index contributed by atoms with van der Waals surface area (Å²) >= 11 is 1.62. The second kappa shape index (κ2) is 10.6. The van der Waals surface area contributed by atoms with Crippen LogP contribution in [0.25, 0.3) is 21.8 Å². The average Bonchev–Trinajstić information content (AvgIpc) is 3.34. The van der Waals surface area contributed by atoms with Gasteiger partial charge >= 0.3 is 0 Å². The van der Waals surface area contributed by atoms with E-state index in [4.69, 9.17) is 4.98 Å². The summed E-state index contributed by atoms with van der Waals surface area (Å²) < 4.78 is 0. The van der Waals surface area contributed by atoms with Gasteiger partial charge in [0.2, 0.25) is 5.91 Å². The SMILES string of the molecule is O=C(CCCC(=O)c1ccccc1)NCc1ccc(-c2nc(-c3ccccc3)cs2)cc1. The van der Waals surface area contributed by atoms with Gasteiger partial charge in [0, 0.05) is 41.5 Å². The maximum absolute atomic E-state index is 12.1. The predicted molar refractivity (Wildman–Crippen MR) is 129 cm³/mol. The average molecular weight is 441 g/mol. The molecule has 5 heteroatoms. The largest absolute Gasteiger partial charge is 0.352 e. The number of thiazole rings is 1. The zero-order chi connectivity index (χ0) is 22.2.